The van der Waals surface area contributed by atoms with Gasteiger partial charge < -0.3 is 20.2 Å². The van der Waals surface area contributed by atoms with Gasteiger partial charge in [-0.3, -0.25) is 4.98 Å². The average Bonchev–Trinajstić information content (AvgIpc) is 3.06. The van der Waals surface area contributed by atoms with Crippen molar-refractivity contribution in [1.29, 1.82) is 0 Å². The standard InChI is InChI=1S/C17H23N3O3/c1-12(2)15(13-7-4-5-9-18-13)20-16(21)19-11-17(3,22)14-8-6-10-23-14/h4-10,12,15,22H,11H2,1-3H3,(H2,19,20,21)/t15-,17-/m0/s1. The van der Waals surface area contributed by atoms with Crippen molar-refractivity contribution in [3.8, 4) is 0 Å². The normalized spacial score (nSPS) is 15.0. The van der Waals surface area contributed by atoms with Crippen molar-refractivity contribution in [2.45, 2.75) is 32.4 Å². The van der Waals surface area contributed by atoms with Gasteiger partial charge in [-0.25, -0.2) is 4.79 Å². The van der Waals surface area contributed by atoms with Crippen LogP contribution in [0.4, 0.5) is 4.79 Å². The predicted octanol–water partition coefficient (Wildman–Crippen LogP) is 2.58. The molecule has 0 aliphatic carbocycles. The van der Waals surface area contributed by atoms with Crippen LogP contribution in [0.25, 0.3) is 0 Å². The molecule has 2 heterocycles. The molecule has 3 N–H and O–H groups in total. The molecule has 0 aromatic carbocycles. The molecule has 0 unspecified atom stereocenters. The van der Waals surface area contributed by atoms with Gasteiger partial charge in [0.25, 0.3) is 0 Å². The van der Waals surface area contributed by atoms with Crippen molar-refractivity contribution in [3.05, 3.63) is 54.2 Å². The second-order valence-electron chi connectivity index (χ2n) is 6.05. The monoisotopic (exact) mass is 317 g/mol. The van der Waals surface area contributed by atoms with E-state index in [-0.39, 0.29) is 24.5 Å². The Morgan fingerprint density at radius 1 is 1.35 bits per heavy atom. The minimum Gasteiger partial charge on any atom is -0.466 e. The molecule has 6 heteroatoms. The average molecular weight is 317 g/mol. The van der Waals surface area contributed by atoms with Gasteiger partial charge in [0.2, 0.25) is 0 Å². The molecule has 6 nitrogen and oxygen atoms in total. The zero-order chi connectivity index (χ0) is 16.9. The van der Waals surface area contributed by atoms with Crippen molar-refractivity contribution in [1.82, 2.24) is 15.6 Å². The molecule has 0 aliphatic rings. The highest BCUT2D eigenvalue weighted by atomic mass is 16.4. The lowest BCUT2D eigenvalue weighted by Gasteiger charge is -2.25. The number of urea groups is 1. The Morgan fingerprint density at radius 3 is 2.70 bits per heavy atom. The summed E-state index contributed by atoms with van der Waals surface area (Å²) in [5.74, 6) is 0.587. The van der Waals surface area contributed by atoms with E-state index in [1.165, 1.54) is 6.26 Å². The Labute approximate surface area is 135 Å². The summed E-state index contributed by atoms with van der Waals surface area (Å²) in [5.41, 5.74) is -0.463. The second kappa shape index (κ2) is 7.28. The minimum atomic E-state index is -1.26. The molecule has 23 heavy (non-hydrogen) atoms. The first-order chi connectivity index (χ1) is 10.9. The van der Waals surface area contributed by atoms with Crippen LogP contribution in [0.3, 0.4) is 0 Å². The second-order valence-corrected chi connectivity index (χ2v) is 6.05. The summed E-state index contributed by atoms with van der Waals surface area (Å²) in [4.78, 5) is 16.5. The van der Waals surface area contributed by atoms with E-state index >= 15 is 0 Å². The number of amides is 2. The van der Waals surface area contributed by atoms with Crippen LogP contribution in [0, 0.1) is 5.92 Å². The van der Waals surface area contributed by atoms with Crippen LogP contribution < -0.4 is 10.6 Å². The Hall–Kier alpha value is -2.34. The summed E-state index contributed by atoms with van der Waals surface area (Å²) >= 11 is 0. The van der Waals surface area contributed by atoms with Crippen LogP contribution in [0.5, 0.6) is 0 Å². The molecule has 2 aromatic rings. The Bertz CT molecular complexity index is 609. The number of pyridine rings is 1. The molecular formula is C17H23N3O3. The van der Waals surface area contributed by atoms with Crippen LogP contribution in [0.2, 0.25) is 0 Å². The van der Waals surface area contributed by atoms with Crippen LogP contribution >= 0.6 is 0 Å². The SMILES string of the molecule is CC(C)[C@H](NC(=O)NC[C@](C)(O)c1ccco1)c1ccccn1. The Kier molecular flexibility index (Phi) is 5.39. The smallest absolute Gasteiger partial charge is 0.315 e. The number of rotatable bonds is 6. The van der Waals surface area contributed by atoms with Gasteiger partial charge in [-0.15, -0.1) is 0 Å². The number of nitrogens with zero attached hydrogens (tertiary/aromatic N) is 1. The van der Waals surface area contributed by atoms with E-state index in [1.54, 1.807) is 25.3 Å². The maximum absolute atomic E-state index is 12.2. The first kappa shape index (κ1) is 17.0. The number of aromatic nitrogens is 1. The zero-order valence-corrected chi connectivity index (χ0v) is 13.6. The highest BCUT2D eigenvalue weighted by molar-refractivity contribution is 5.74. The van der Waals surface area contributed by atoms with Gasteiger partial charge in [0.1, 0.15) is 11.4 Å². The molecule has 2 rings (SSSR count). The molecule has 124 valence electrons. The van der Waals surface area contributed by atoms with Crippen LogP contribution in [-0.2, 0) is 5.60 Å². The molecule has 2 aromatic heterocycles. The van der Waals surface area contributed by atoms with Gasteiger partial charge in [-0.05, 0) is 37.1 Å². The molecule has 0 saturated carbocycles. The number of nitrogens with one attached hydrogen (secondary N) is 2. The fourth-order valence-electron chi connectivity index (χ4n) is 2.26. The van der Waals surface area contributed by atoms with Gasteiger partial charge >= 0.3 is 6.03 Å². The summed E-state index contributed by atoms with van der Waals surface area (Å²) in [6.45, 7) is 5.65. The third kappa shape index (κ3) is 4.56. The maximum atomic E-state index is 12.2. The lowest BCUT2D eigenvalue weighted by atomic mass is 10.0. The van der Waals surface area contributed by atoms with E-state index in [0.717, 1.165) is 5.69 Å². The summed E-state index contributed by atoms with van der Waals surface area (Å²) in [5, 5.41) is 15.9. The quantitative estimate of drug-likeness (QED) is 0.764. The van der Waals surface area contributed by atoms with Gasteiger partial charge in [-0.2, -0.15) is 0 Å². The largest absolute Gasteiger partial charge is 0.466 e. The maximum Gasteiger partial charge on any atom is 0.315 e. The molecule has 0 spiro atoms. The zero-order valence-electron chi connectivity index (χ0n) is 13.6. The fourth-order valence-corrected chi connectivity index (χ4v) is 2.26. The van der Waals surface area contributed by atoms with Crippen molar-refractivity contribution < 1.29 is 14.3 Å². The molecule has 0 aliphatic heterocycles. The van der Waals surface area contributed by atoms with Crippen molar-refractivity contribution in [2.75, 3.05) is 6.54 Å². The molecule has 0 radical (unpaired) electrons. The van der Waals surface area contributed by atoms with E-state index in [2.05, 4.69) is 15.6 Å². The summed E-state index contributed by atoms with van der Waals surface area (Å²) in [6.07, 6.45) is 3.19. The van der Waals surface area contributed by atoms with E-state index in [4.69, 9.17) is 4.42 Å². The summed E-state index contributed by atoms with van der Waals surface area (Å²) < 4.78 is 5.19. The Balaban J connectivity index is 1.95. The number of carbonyl (C=O) groups is 1. The third-order valence-corrected chi connectivity index (χ3v) is 3.60. The van der Waals surface area contributed by atoms with E-state index in [0.29, 0.717) is 5.76 Å². The Morgan fingerprint density at radius 2 is 2.13 bits per heavy atom. The summed E-state index contributed by atoms with van der Waals surface area (Å²) in [6, 6.07) is 8.40. The lowest BCUT2D eigenvalue weighted by Crippen LogP contribution is -2.45. The van der Waals surface area contributed by atoms with Gasteiger partial charge in [-0.1, -0.05) is 19.9 Å². The fraction of sp³-hybridized carbons (Fsp3) is 0.412. The number of carbonyl (C=O) groups excluding carboxylic acids is 1. The number of hydrogen-bond acceptors (Lipinski definition) is 4. The van der Waals surface area contributed by atoms with E-state index in [1.807, 2.05) is 32.0 Å². The highest BCUT2D eigenvalue weighted by Crippen LogP contribution is 2.21. The predicted molar refractivity (Wildman–Crippen MR) is 86.6 cm³/mol. The van der Waals surface area contributed by atoms with Gasteiger partial charge in [0.15, 0.2) is 0 Å². The third-order valence-electron chi connectivity index (χ3n) is 3.60. The molecule has 0 fully saturated rings. The first-order valence-electron chi connectivity index (χ1n) is 7.62. The number of furan rings is 1. The molecule has 2 atom stereocenters. The first-order valence-corrected chi connectivity index (χ1v) is 7.62. The van der Waals surface area contributed by atoms with Crippen molar-refractivity contribution >= 4 is 6.03 Å². The minimum absolute atomic E-state index is 0.0411. The van der Waals surface area contributed by atoms with Crippen LogP contribution in [-0.4, -0.2) is 22.7 Å². The number of aliphatic hydroxyl groups is 1. The molecular weight excluding hydrogens is 294 g/mol. The van der Waals surface area contributed by atoms with Crippen molar-refractivity contribution in [3.63, 3.8) is 0 Å². The highest BCUT2D eigenvalue weighted by Gasteiger charge is 2.27. The van der Waals surface area contributed by atoms with E-state index < -0.39 is 5.60 Å². The lowest BCUT2D eigenvalue weighted by molar-refractivity contribution is 0.0366. The topological polar surface area (TPSA) is 87.4 Å². The molecule has 0 bridgehead atoms. The van der Waals surface area contributed by atoms with Crippen LogP contribution in [0.1, 0.15) is 38.3 Å². The van der Waals surface area contributed by atoms with Gasteiger partial charge in [0.05, 0.1) is 24.5 Å². The van der Waals surface area contributed by atoms with Crippen molar-refractivity contribution in [2.24, 2.45) is 5.92 Å². The molecule has 0 saturated heterocycles. The summed E-state index contributed by atoms with van der Waals surface area (Å²) in [7, 11) is 0. The van der Waals surface area contributed by atoms with E-state index in [9.17, 15) is 9.90 Å². The van der Waals surface area contributed by atoms with Gasteiger partial charge in [0, 0.05) is 6.20 Å². The number of hydrogen-bond donors (Lipinski definition) is 3. The molecule has 2 amide bonds. The van der Waals surface area contributed by atoms with Crippen LogP contribution in [0.15, 0.2) is 47.2 Å².